The average molecular weight is 1010 g/mol. The van der Waals surface area contributed by atoms with Gasteiger partial charge in [-0.25, -0.2) is 4.42 Å². The third-order valence-electron chi connectivity index (χ3n) is 5.84. The minimum Gasteiger partial charge on any atom is -0.462 e. The predicted octanol–water partition coefficient (Wildman–Crippen LogP) is 3.18. The second-order valence-corrected chi connectivity index (χ2v) is 13.2. The first-order chi connectivity index (χ1) is 21.3. The Hall–Kier alpha value is -2.05. The van der Waals surface area contributed by atoms with Crippen LogP contribution >= 0.6 is 79.5 Å². The number of benzene rings is 1. The summed E-state index contributed by atoms with van der Waals surface area (Å²) < 4.78 is 26.7. The van der Waals surface area contributed by atoms with Gasteiger partial charge in [-0.1, -0.05) is 0 Å². The number of amides is 3. The van der Waals surface area contributed by atoms with E-state index in [0.717, 1.165) is 25.2 Å². The third-order valence-corrected chi connectivity index (χ3v) is 9.54. The number of nitrogens with one attached hydrogen (secondary N) is 2. The van der Waals surface area contributed by atoms with Crippen molar-refractivity contribution < 1.29 is 57.2 Å². The van der Waals surface area contributed by atoms with Gasteiger partial charge >= 0.3 is 23.9 Å². The number of esters is 4. The van der Waals surface area contributed by atoms with Gasteiger partial charge in [-0.05, 0) is 81.6 Å². The molecule has 1 aromatic rings. The minimum absolute atomic E-state index is 0.0345. The Morgan fingerprint density at radius 3 is 1.72 bits per heavy atom. The number of ether oxygens (including phenoxy) is 5. The maximum Gasteiger partial charge on any atom is 0.303 e. The predicted molar refractivity (Wildman–Crippen MR) is 188 cm³/mol. The number of anilines is 1. The fourth-order valence-electron chi connectivity index (χ4n) is 3.65. The molecule has 0 heterocycles. The van der Waals surface area contributed by atoms with Crippen molar-refractivity contribution in [2.75, 3.05) is 32.2 Å². The van der Waals surface area contributed by atoms with E-state index in [1.54, 1.807) is 22.6 Å². The summed E-state index contributed by atoms with van der Waals surface area (Å²) in [7, 11) is 1.32. The van der Waals surface area contributed by atoms with E-state index in [1.165, 1.54) is 27.9 Å². The fraction of sp³-hybridized carbons (Fsp3) is 0.519. The molecule has 2 N–H and O–H groups in total. The number of methoxy groups -OCH3 is 1. The molecule has 0 spiro atoms. The minimum atomic E-state index is -1.15. The number of nitrogens with zero attached hydrogens (tertiary/aromatic N) is 1. The lowest BCUT2D eigenvalue weighted by Gasteiger charge is -2.30. The number of carbonyl (C=O) groups is 7. The number of hydrogen-bond acceptors (Lipinski definition) is 12. The SMILES string of the molecule is COCC(=O)Nc1c(I)c(C(=O)NC(C)C(COC(C)=O)OC(C)=O)c(I)c(C(=O)N(Cl)C(C)C(COC(C)=O)OC(C)=O)c1I. The zero-order chi connectivity index (χ0) is 35.5. The maximum atomic E-state index is 14.0. The van der Waals surface area contributed by atoms with Gasteiger partial charge in [-0.15, -0.1) is 0 Å². The van der Waals surface area contributed by atoms with Crippen LogP contribution in [0, 0.1) is 10.7 Å². The van der Waals surface area contributed by atoms with Crippen LogP contribution in [0.1, 0.15) is 62.3 Å². The molecule has 0 aliphatic heterocycles. The van der Waals surface area contributed by atoms with E-state index in [4.69, 9.17) is 35.5 Å². The van der Waals surface area contributed by atoms with Crippen LogP contribution in [0.2, 0.25) is 0 Å². The highest BCUT2D eigenvalue weighted by Gasteiger charge is 2.36. The molecule has 0 aliphatic rings. The van der Waals surface area contributed by atoms with Crippen molar-refractivity contribution in [1.82, 2.24) is 9.74 Å². The summed E-state index contributed by atoms with van der Waals surface area (Å²) in [4.78, 5) is 86.5. The zero-order valence-electron chi connectivity index (χ0n) is 25.8. The second-order valence-electron chi connectivity index (χ2n) is 9.57. The smallest absolute Gasteiger partial charge is 0.303 e. The molecule has 15 nitrogen and oxygen atoms in total. The monoisotopic (exact) mass is 1010 g/mol. The first kappa shape index (κ1) is 42.0. The van der Waals surface area contributed by atoms with Crippen molar-refractivity contribution in [2.45, 2.75) is 65.8 Å². The molecule has 4 unspecified atom stereocenters. The molecular weight excluding hydrogens is 974 g/mol. The van der Waals surface area contributed by atoms with Gasteiger partial charge in [0.1, 0.15) is 19.8 Å². The van der Waals surface area contributed by atoms with Gasteiger partial charge in [0.05, 0.1) is 36.0 Å². The van der Waals surface area contributed by atoms with Crippen LogP contribution in [0.15, 0.2) is 0 Å². The molecule has 0 fully saturated rings. The summed E-state index contributed by atoms with van der Waals surface area (Å²) in [5.41, 5.74) is -0.0114. The molecule has 0 saturated heterocycles. The van der Waals surface area contributed by atoms with E-state index >= 15 is 0 Å². The van der Waals surface area contributed by atoms with E-state index in [0.29, 0.717) is 0 Å². The first-order valence-electron chi connectivity index (χ1n) is 13.2. The molecule has 3 amide bonds. The Kier molecular flexibility index (Phi) is 18.0. The molecule has 4 atom stereocenters. The van der Waals surface area contributed by atoms with Crippen molar-refractivity contribution in [1.29, 1.82) is 0 Å². The zero-order valence-corrected chi connectivity index (χ0v) is 33.0. The van der Waals surface area contributed by atoms with Crippen LogP contribution in [-0.2, 0) is 47.7 Å². The van der Waals surface area contributed by atoms with Crippen LogP contribution in [-0.4, -0.2) is 97.2 Å². The normalized spacial score (nSPS) is 13.3. The highest BCUT2D eigenvalue weighted by atomic mass is 127. The lowest BCUT2D eigenvalue weighted by Crippen LogP contribution is -2.46. The Morgan fingerprint density at radius 2 is 1.24 bits per heavy atom. The molecule has 0 radical (unpaired) electrons. The maximum absolute atomic E-state index is 14.0. The van der Waals surface area contributed by atoms with E-state index < -0.39 is 72.5 Å². The molecule has 0 bridgehead atoms. The van der Waals surface area contributed by atoms with Gasteiger partial charge in [0.15, 0.2) is 12.2 Å². The van der Waals surface area contributed by atoms with Crippen LogP contribution < -0.4 is 10.6 Å². The van der Waals surface area contributed by atoms with Gasteiger partial charge in [0.25, 0.3) is 11.8 Å². The van der Waals surface area contributed by atoms with Gasteiger partial charge in [-0.2, -0.15) is 0 Å². The van der Waals surface area contributed by atoms with Crippen molar-refractivity contribution >= 4 is 127 Å². The molecule has 1 rings (SSSR count). The standard InChI is InChI=1S/C27H33ClI3N3O12/c1-11(17(45-15(5)37)8-43-13(3)35)32-26(40)20-22(29)21(24(31)25(23(20)30)33-19(39)10-42-7)27(41)34(28)12(2)18(46-16(6)38)9-44-14(4)36/h11-12,17-18H,8-10H2,1-7H3,(H,32,40)(H,33,39). The van der Waals surface area contributed by atoms with Crippen molar-refractivity contribution in [3.63, 3.8) is 0 Å². The molecule has 0 aromatic heterocycles. The molecule has 256 valence electrons. The Morgan fingerprint density at radius 1 is 0.761 bits per heavy atom. The molecular formula is C27H33ClI3N3O12. The quantitative estimate of drug-likeness (QED) is 0.113. The molecule has 0 aliphatic carbocycles. The second kappa shape index (κ2) is 19.7. The highest BCUT2D eigenvalue weighted by Crippen LogP contribution is 2.37. The number of halogens is 4. The number of hydrogen-bond donors (Lipinski definition) is 2. The lowest BCUT2D eigenvalue weighted by atomic mass is 10.1. The summed E-state index contributed by atoms with van der Waals surface area (Å²) in [6.07, 6.45) is -2.21. The largest absolute Gasteiger partial charge is 0.462 e. The summed E-state index contributed by atoms with van der Waals surface area (Å²) >= 11 is 12.0. The third kappa shape index (κ3) is 12.5. The lowest BCUT2D eigenvalue weighted by molar-refractivity contribution is -0.158. The van der Waals surface area contributed by atoms with E-state index in [9.17, 15) is 33.6 Å². The van der Waals surface area contributed by atoms with E-state index in [-0.39, 0.29) is 40.7 Å². The highest BCUT2D eigenvalue weighted by molar-refractivity contribution is 14.1. The van der Waals surface area contributed by atoms with Crippen molar-refractivity contribution in [2.24, 2.45) is 0 Å². The van der Waals surface area contributed by atoms with Crippen LogP contribution in [0.4, 0.5) is 5.69 Å². The summed E-state index contributed by atoms with van der Waals surface area (Å²) in [6, 6.07) is -1.93. The van der Waals surface area contributed by atoms with Gasteiger partial charge in [-0.3, -0.25) is 33.6 Å². The van der Waals surface area contributed by atoms with Crippen LogP contribution in [0.3, 0.4) is 0 Å². The Bertz CT molecular complexity index is 1360. The molecule has 19 heteroatoms. The first-order valence-corrected chi connectivity index (χ1v) is 16.8. The molecule has 0 saturated carbocycles. The summed E-state index contributed by atoms with van der Waals surface area (Å²) in [5.74, 6) is -4.81. The molecule has 1 aromatic carbocycles. The van der Waals surface area contributed by atoms with Crippen molar-refractivity contribution in [3.8, 4) is 0 Å². The van der Waals surface area contributed by atoms with E-state index in [1.807, 2.05) is 45.2 Å². The number of carbonyl (C=O) groups excluding carboxylic acids is 7. The van der Waals surface area contributed by atoms with E-state index in [2.05, 4.69) is 10.6 Å². The Balaban J connectivity index is 3.72. The van der Waals surface area contributed by atoms with Crippen LogP contribution in [0.25, 0.3) is 0 Å². The van der Waals surface area contributed by atoms with Crippen LogP contribution in [0.5, 0.6) is 0 Å². The number of rotatable bonds is 15. The van der Waals surface area contributed by atoms with Crippen molar-refractivity contribution in [3.05, 3.63) is 21.8 Å². The summed E-state index contributed by atoms with van der Waals surface area (Å²) in [6.45, 7) is 6.55. The van der Waals surface area contributed by atoms with Gasteiger partial charge < -0.3 is 34.3 Å². The van der Waals surface area contributed by atoms with Gasteiger partial charge in [0.2, 0.25) is 5.91 Å². The van der Waals surface area contributed by atoms with Gasteiger partial charge in [0, 0.05) is 50.2 Å². The fourth-order valence-corrected chi connectivity index (χ4v) is 8.25. The topological polar surface area (TPSA) is 193 Å². The average Bonchev–Trinajstić information content (AvgIpc) is 2.94. The molecule has 46 heavy (non-hydrogen) atoms. The Labute approximate surface area is 311 Å². The summed E-state index contributed by atoms with van der Waals surface area (Å²) in [5, 5.41) is 5.35.